The Bertz CT molecular complexity index is 740. The molecule has 10 heteroatoms. The molecule has 2 heterocycles. The molecule has 28 heavy (non-hydrogen) atoms. The highest BCUT2D eigenvalue weighted by atomic mass is 16.6. The quantitative estimate of drug-likeness (QED) is 0.296. The average Bonchev–Trinajstić information content (AvgIpc) is 2.99. The van der Waals surface area contributed by atoms with Gasteiger partial charge in [0.15, 0.2) is 5.72 Å². The largest absolute Gasteiger partial charge is 0.394 e. The van der Waals surface area contributed by atoms with Crippen molar-refractivity contribution in [2.45, 2.75) is 57.0 Å². The Labute approximate surface area is 163 Å². The molecule has 1 unspecified atom stereocenters. The summed E-state index contributed by atoms with van der Waals surface area (Å²) in [6.45, 7) is 1.68. The van der Waals surface area contributed by atoms with Gasteiger partial charge in [0, 0.05) is 31.1 Å². The molecule has 1 saturated heterocycles. The normalized spacial score (nSPS) is 25.8. The van der Waals surface area contributed by atoms with E-state index in [4.69, 9.17) is 21.9 Å². The first-order valence-electron chi connectivity index (χ1n) is 9.56. The van der Waals surface area contributed by atoms with Crippen molar-refractivity contribution in [2.24, 2.45) is 17.4 Å². The smallest absolute Gasteiger partial charge is 0.351 e. The van der Waals surface area contributed by atoms with E-state index in [1.54, 1.807) is 6.92 Å². The summed E-state index contributed by atoms with van der Waals surface area (Å²) in [7, 11) is 0. The Morgan fingerprint density at radius 1 is 1.43 bits per heavy atom. The van der Waals surface area contributed by atoms with Crippen LogP contribution in [0.4, 0.5) is 5.82 Å². The summed E-state index contributed by atoms with van der Waals surface area (Å²) in [6, 6.07) is 0. The summed E-state index contributed by atoms with van der Waals surface area (Å²) in [5.74, 6) is -0.989. The van der Waals surface area contributed by atoms with Crippen LogP contribution in [0.25, 0.3) is 0 Å². The number of ether oxygens (including phenoxy) is 1. The zero-order valence-corrected chi connectivity index (χ0v) is 16.2. The molecule has 10 nitrogen and oxygen atoms in total. The van der Waals surface area contributed by atoms with E-state index in [0.29, 0.717) is 18.5 Å². The average molecular weight is 397 g/mol. The summed E-state index contributed by atoms with van der Waals surface area (Å²) in [5.41, 5.74) is 15.4. The van der Waals surface area contributed by atoms with Crippen molar-refractivity contribution in [1.82, 2.24) is 9.55 Å². The van der Waals surface area contributed by atoms with Gasteiger partial charge in [-0.1, -0.05) is 6.42 Å². The lowest BCUT2D eigenvalue weighted by Crippen LogP contribution is -2.53. The Morgan fingerprint density at radius 3 is 2.71 bits per heavy atom. The minimum Gasteiger partial charge on any atom is -0.394 e. The number of unbranched alkanes of at least 4 members (excludes halogenated alkanes) is 2. The van der Waals surface area contributed by atoms with E-state index in [0.717, 1.165) is 12.8 Å². The van der Waals surface area contributed by atoms with Gasteiger partial charge in [-0.25, -0.2) is 4.79 Å². The molecule has 0 aliphatic carbocycles. The molecular formula is C18H31N5O5. The number of aryl methyl sites for hydroxylation is 1. The summed E-state index contributed by atoms with van der Waals surface area (Å²) >= 11 is 0. The van der Waals surface area contributed by atoms with E-state index in [1.807, 2.05) is 0 Å². The lowest BCUT2D eigenvalue weighted by molar-refractivity contribution is -0.164. The van der Waals surface area contributed by atoms with Crippen LogP contribution in [0.2, 0.25) is 0 Å². The fraction of sp³-hybridized carbons (Fsp3) is 0.722. The van der Waals surface area contributed by atoms with Crippen LogP contribution < -0.4 is 22.9 Å². The molecule has 0 bridgehead atoms. The van der Waals surface area contributed by atoms with Gasteiger partial charge < -0.3 is 32.2 Å². The first-order chi connectivity index (χ1) is 13.3. The van der Waals surface area contributed by atoms with Crippen LogP contribution in [0.5, 0.6) is 0 Å². The molecule has 0 aromatic carbocycles. The number of nitrogens with zero attached hydrogens (tertiary/aromatic N) is 2. The van der Waals surface area contributed by atoms with Gasteiger partial charge in [0.2, 0.25) is 0 Å². The van der Waals surface area contributed by atoms with Gasteiger partial charge in [0.05, 0.1) is 18.6 Å². The molecule has 1 aromatic rings. The molecule has 8 N–H and O–H groups in total. The second-order valence-electron chi connectivity index (χ2n) is 7.27. The predicted molar refractivity (Wildman–Crippen MR) is 103 cm³/mol. The zero-order valence-electron chi connectivity index (χ0n) is 16.2. The highest BCUT2D eigenvalue weighted by Crippen LogP contribution is 2.41. The second-order valence-corrected chi connectivity index (χ2v) is 7.27. The molecule has 1 fully saturated rings. The monoisotopic (exact) mass is 397 g/mol. The predicted octanol–water partition coefficient (Wildman–Crippen LogP) is -1.41. The molecule has 0 saturated carbocycles. The van der Waals surface area contributed by atoms with E-state index in [9.17, 15) is 19.8 Å². The number of Topliss-reactive ketones (excluding diaryl/α,β-unsaturated/α-hetero) is 1. The second kappa shape index (κ2) is 9.57. The molecular weight excluding hydrogens is 366 g/mol. The number of hydrogen-bond donors (Lipinski definition) is 5. The Morgan fingerprint density at radius 2 is 2.14 bits per heavy atom. The molecule has 1 aliphatic heterocycles. The van der Waals surface area contributed by atoms with E-state index in [1.165, 1.54) is 10.8 Å². The number of carbonyl (C=O) groups excluding carboxylic acids is 1. The van der Waals surface area contributed by atoms with Crippen LogP contribution in [0.1, 0.15) is 37.7 Å². The molecule has 2 rings (SSSR count). The third kappa shape index (κ3) is 4.41. The van der Waals surface area contributed by atoms with Crippen molar-refractivity contribution in [3.8, 4) is 0 Å². The topological polar surface area (TPSA) is 180 Å². The summed E-state index contributed by atoms with van der Waals surface area (Å²) in [6.07, 6.45) is 1.90. The van der Waals surface area contributed by atoms with Crippen LogP contribution in [0.3, 0.4) is 0 Å². The molecule has 1 aromatic heterocycles. The maximum absolute atomic E-state index is 13.0. The molecule has 0 amide bonds. The van der Waals surface area contributed by atoms with E-state index in [2.05, 4.69) is 4.98 Å². The van der Waals surface area contributed by atoms with Gasteiger partial charge in [-0.05, 0) is 26.3 Å². The van der Waals surface area contributed by atoms with E-state index < -0.39 is 36.1 Å². The number of ketones is 1. The van der Waals surface area contributed by atoms with Gasteiger partial charge in [0.1, 0.15) is 17.7 Å². The molecule has 4 atom stereocenters. The minimum absolute atomic E-state index is 0.0699. The zero-order chi connectivity index (χ0) is 20.9. The van der Waals surface area contributed by atoms with Crippen LogP contribution in [-0.2, 0) is 15.3 Å². The number of nitrogen functional groups attached to an aromatic ring is 1. The number of aliphatic hydroxyl groups excluding tert-OH is 2. The van der Waals surface area contributed by atoms with E-state index in [-0.39, 0.29) is 31.0 Å². The number of nitrogens with two attached hydrogens (primary N) is 3. The summed E-state index contributed by atoms with van der Waals surface area (Å²) < 4.78 is 7.12. The molecule has 0 spiro atoms. The first-order valence-corrected chi connectivity index (χ1v) is 9.56. The molecule has 0 radical (unpaired) electrons. The number of rotatable bonds is 10. The number of aliphatic hydroxyl groups is 2. The van der Waals surface area contributed by atoms with Crippen LogP contribution in [-0.4, -0.2) is 57.5 Å². The maximum Gasteiger partial charge on any atom is 0.351 e. The number of hydrogen-bond acceptors (Lipinski definition) is 9. The lowest BCUT2D eigenvalue weighted by atomic mass is 9.85. The third-order valence-corrected chi connectivity index (χ3v) is 5.32. The van der Waals surface area contributed by atoms with Gasteiger partial charge in [-0.15, -0.1) is 0 Å². The van der Waals surface area contributed by atoms with Crippen molar-refractivity contribution in [2.75, 3.05) is 25.4 Å². The highest BCUT2D eigenvalue weighted by molar-refractivity contribution is 5.82. The number of aromatic nitrogens is 2. The van der Waals surface area contributed by atoms with Crippen LogP contribution in [0, 0.1) is 12.8 Å². The van der Waals surface area contributed by atoms with Crippen molar-refractivity contribution in [3.63, 3.8) is 0 Å². The first kappa shape index (κ1) is 22.4. The van der Waals surface area contributed by atoms with Crippen molar-refractivity contribution >= 4 is 11.6 Å². The van der Waals surface area contributed by atoms with Gasteiger partial charge >= 0.3 is 5.69 Å². The summed E-state index contributed by atoms with van der Waals surface area (Å²) in [4.78, 5) is 29.4. The summed E-state index contributed by atoms with van der Waals surface area (Å²) in [5, 5.41) is 19.9. The number of anilines is 1. The van der Waals surface area contributed by atoms with Crippen LogP contribution >= 0.6 is 0 Å². The maximum atomic E-state index is 13.0. The Kier molecular flexibility index (Phi) is 7.67. The minimum atomic E-state index is -1.53. The Balaban J connectivity index is 2.46. The Hall–Kier alpha value is -1.85. The molecule has 1 aliphatic rings. The van der Waals surface area contributed by atoms with Gasteiger partial charge in [-0.2, -0.15) is 4.98 Å². The highest BCUT2D eigenvalue weighted by Gasteiger charge is 2.54. The third-order valence-electron chi connectivity index (χ3n) is 5.32. The lowest BCUT2D eigenvalue weighted by Gasteiger charge is -2.37. The standard InChI is InChI=1S/C18H31N5O5/c1-11-9-23(17(27)22-16(11)21)18(7-14(26)15(10-24)28-18)12(8-20)13(25)5-3-2-4-6-19/h9,12,14-15,24,26H,2-8,10,19-20H2,1H3,(H2,21,22,27)/t12?,14-,15+,18-/m0/s1. The van der Waals surface area contributed by atoms with Crippen molar-refractivity contribution in [1.29, 1.82) is 0 Å². The van der Waals surface area contributed by atoms with Gasteiger partial charge in [0.25, 0.3) is 0 Å². The molecule has 158 valence electrons. The fourth-order valence-corrected chi connectivity index (χ4v) is 3.72. The fourth-order valence-electron chi connectivity index (χ4n) is 3.72. The number of carbonyl (C=O) groups is 1. The SMILES string of the molecule is Cc1cn([C@@]2(C(CN)C(=O)CCCCCN)C[C@H](O)[C@@H](CO)O2)c(=O)nc1N. The van der Waals surface area contributed by atoms with Crippen molar-refractivity contribution in [3.05, 3.63) is 22.2 Å². The van der Waals surface area contributed by atoms with Crippen LogP contribution in [0.15, 0.2) is 11.0 Å². The van der Waals surface area contributed by atoms with E-state index >= 15 is 0 Å². The van der Waals surface area contributed by atoms with Gasteiger partial charge in [-0.3, -0.25) is 9.36 Å². The van der Waals surface area contributed by atoms with Crippen molar-refractivity contribution < 1.29 is 19.7 Å².